The average Bonchev–Trinajstić information content (AvgIpc) is 2.87. The quantitative estimate of drug-likeness (QED) is 0.679. The third-order valence-corrected chi connectivity index (χ3v) is 4.77. The molecule has 4 heteroatoms. The number of rotatable bonds is 4. The number of halogens is 2. The zero-order valence-electron chi connectivity index (χ0n) is 11.6. The molecule has 0 radical (unpaired) electrons. The lowest BCUT2D eigenvalue weighted by atomic mass is 10.0. The van der Waals surface area contributed by atoms with Crippen molar-refractivity contribution in [3.8, 4) is 0 Å². The highest BCUT2D eigenvalue weighted by molar-refractivity contribution is 7.19. The Labute approximate surface area is 132 Å². The van der Waals surface area contributed by atoms with E-state index in [1.54, 1.807) is 17.4 Å². The molecule has 0 saturated heterocycles. The molecule has 2 aromatic carbocycles. The number of benzene rings is 2. The van der Waals surface area contributed by atoms with Gasteiger partial charge in [0.05, 0.1) is 6.04 Å². The van der Waals surface area contributed by atoms with E-state index in [-0.39, 0.29) is 11.9 Å². The number of hydrogen-bond acceptors (Lipinski definition) is 2. The molecule has 3 aromatic rings. The maximum Gasteiger partial charge on any atom is 0.124 e. The second-order valence-corrected chi connectivity index (χ2v) is 6.43. The van der Waals surface area contributed by atoms with E-state index in [4.69, 9.17) is 11.6 Å². The Morgan fingerprint density at radius 2 is 2.05 bits per heavy atom. The molecule has 1 nitrogen and oxygen atoms in total. The highest BCUT2D eigenvalue weighted by Gasteiger charge is 2.16. The Balaban J connectivity index is 2.06. The number of nitrogens with one attached hydrogen (secondary N) is 1. The second kappa shape index (κ2) is 6.14. The first kappa shape index (κ1) is 14.5. The number of thiophene rings is 1. The van der Waals surface area contributed by atoms with Crippen LogP contribution < -0.4 is 5.32 Å². The van der Waals surface area contributed by atoms with Crippen molar-refractivity contribution < 1.29 is 4.39 Å². The molecular weight excluding hydrogens is 305 g/mol. The molecule has 0 amide bonds. The van der Waals surface area contributed by atoms with Crippen molar-refractivity contribution in [3.63, 3.8) is 0 Å². The van der Waals surface area contributed by atoms with Crippen LogP contribution in [0.25, 0.3) is 10.1 Å². The highest BCUT2D eigenvalue weighted by Crippen LogP contribution is 2.34. The minimum absolute atomic E-state index is 0.0779. The molecule has 0 saturated carbocycles. The van der Waals surface area contributed by atoms with Gasteiger partial charge in [-0.1, -0.05) is 36.7 Å². The van der Waals surface area contributed by atoms with Crippen molar-refractivity contribution in [3.05, 3.63) is 69.8 Å². The normalized spacial score (nSPS) is 12.7. The van der Waals surface area contributed by atoms with E-state index >= 15 is 0 Å². The van der Waals surface area contributed by atoms with Crippen molar-refractivity contribution in [2.75, 3.05) is 6.54 Å². The first-order valence-corrected chi connectivity index (χ1v) is 8.04. The van der Waals surface area contributed by atoms with Gasteiger partial charge in [-0.3, -0.25) is 0 Å². The van der Waals surface area contributed by atoms with E-state index in [0.29, 0.717) is 0 Å². The topological polar surface area (TPSA) is 12.0 Å². The lowest BCUT2D eigenvalue weighted by Gasteiger charge is -2.17. The summed E-state index contributed by atoms with van der Waals surface area (Å²) in [7, 11) is 0. The lowest BCUT2D eigenvalue weighted by Crippen LogP contribution is -2.20. The minimum atomic E-state index is -0.196. The summed E-state index contributed by atoms with van der Waals surface area (Å²) < 4.78 is 14.3. The van der Waals surface area contributed by atoms with Crippen molar-refractivity contribution in [2.45, 2.75) is 13.0 Å². The summed E-state index contributed by atoms with van der Waals surface area (Å²) in [5.41, 5.74) is 1.12. The van der Waals surface area contributed by atoms with Crippen LogP contribution in [-0.4, -0.2) is 6.54 Å². The number of fused-ring (bicyclic) bond motifs is 1. The predicted octanol–water partition coefficient (Wildman–Crippen LogP) is 5.39. The van der Waals surface area contributed by atoms with Crippen molar-refractivity contribution in [1.29, 1.82) is 0 Å². The summed E-state index contributed by atoms with van der Waals surface area (Å²) in [6.45, 7) is 2.92. The monoisotopic (exact) mass is 319 g/mol. The van der Waals surface area contributed by atoms with Crippen LogP contribution in [0.3, 0.4) is 0 Å². The second-order valence-electron chi connectivity index (χ2n) is 4.88. The first-order chi connectivity index (χ1) is 10.2. The van der Waals surface area contributed by atoms with Gasteiger partial charge in [-0.15, -0.1) is 11.3 Å². The van der Waals surface area contributed by atoms with Crippen LogP contribution in [-0.2, 0) is 0 Å². The predicted molar refractivity (Wildman–Crippen MR) is 88.8 cm³/mol. The Kier molecular flexibility index (Phi) is 4.24. The molecule has 0 spiro atoms. The molecule has 1 heterocycles. The van der Waals surface area contributed by atoms with Crippen LogP contribution in [0.1, 0.15) is 23.4 Å². The van der Waals surface area contributed by atoms with Crippen LogP contribution in [0.5, 0.6) is 0 Å². The van der Waals surface area contributed by atoms with Crippen LogP contribution in [0.15, 0.2) is 48.5 Å². The molecule has 1 unspecified atom stereocenters. The van der Waals surface area contributed by atoms with Crippen LogP contribution >= 0.6 is 22.9 Å². The van der Waals surface area contributed by atoms with E-state index in [2.05, 4.69) is 24.4 Å². The van der Waals surface area contributed by atoms with Gasteiger partial charge in [0, 0.05) is 14.6 Å². The molecule has 21 heavy (non-hydrogen) atoms. The fraction of sp³-hybridized carbons (Fsp3) is 0.176. The van der Waals surface area contributed by atoms with Gasteiger partial charge in [0.1, 0.15) is 5.82 Å². The van der Waals surface area contributed by atoms with Gasteiger partial charge < -0.3 is 5.32 Å². The summed E-state index contributed by atoms with van der Waals surface area (Å²) in [4.78, 5) is 1.17. The van der Waals surface area contributed by atoms with Gasteiger partial charge in [0.15, 0.2) is 0 Å². The Morgan fingerprint density at radius 3 is 2.81 bits per heavy atom. The standard InChI is InChI=1S/C17H15ClFNS/c1-2-20-17(12-4-3-5-13(18)8-12)16-9-11-6-7-14(19)10-15(11)21-16/h3-10,17,20H,2H2,1H3. The molecule has 0 bridgehead atoms. The van der Waals surface area contributed by atoms with E-state index in [0.717, 1.165) is 27.2 Å². The summed E-state index contributed by atoms with van der Waals surface area (Å²) in [5, 5.41) is 5.27. The van der Waals surface area contributed by atoms with Gasteiger partial charge in [-0.2, -0.15) is 0 Å². The van der Waals surface area contributed by atoms with E-state index < -0.39 is 0 Å². The molecular formula is C17H15ClFNS. The summed E-state index contributed by atoms with van der Waals surface area (Å²) in [6, 6.07) is 15.0. The first-order valence-electron chi connectivity index (χ1n) is 6.85. The van der Waals surface area contributed by atoms with Gasteiger partial charge in [-0.25, -0.2) is 4.39 Å². The van der Waals surface area contributed by atoms with E-state index in [1.807, 2.05) is 24.3 Å². The van der Waals surface area contributed by atoms with Crippen LogP contribution in [0, 0.1) is 5.82 Å². The largest absolute Gasteiger partial charge is 0.306 e. The Bertz CT molecular complexity index is 768. The maximum atomic E-state index is 13.3. The van der Waals surface area contributed by atoms with Crippen molar-refractivity contribution in [2.24, 2.45) is 0 Å². The third kappa shape index (κ3) is 3.10. The average molecular weight is 320 g/mol. The Hall–Kier alpha value is -1.42. The van der Waals surface area contributed by atoms with Crippen LogP contribution in [0.4, 0.5) is 4.39 Å². The fourth-order valence-corrected chi connectivity index (χ4v) is 3.83. The molecule has 1 atom stereocenters. The van der Waals surface area contributed by atoms with Gasteiger partial charge >= 0.3 is 0 Å². The van der Waals surface area contributed by atoms with Gasteiger partial charge in [0.2, 0.25) is 0 Å². The summed E-state index contributed by atoms with van der Waals surface area (Å²) in [5.74, 6) is -0.196. The molecule has 0 fully saturated rings. The molecule has 1 aromatic heterocycles. The molecule has 108 valence electrons. The van der Waals surface area contributed by atoms with E-state index in [9.17, 15) is 4.39 Å². The maximum absolute atomic E-state index is 13.3. The molecule has 0 aliphatic carbocycles. The number of hydrogen-bond donors (Lipinski definition) is 1. The Morgan fingerprint density at radius 1 is 1.19 bits per heavy atom. The summed E-state index contributed by atoms with van der Waals surface area (Å²) in [6.07, 6.45) is 0. The van der Waals surface area contributed by atoms with Gasteiger partial charge in [-0.05, 0) is 47.8 Å². The summed E-state index contributed by atoms with van der Waals surface area (Å²) >= 11 is 7.72. The zero-order chi connectivity index (χ0) is 14.8. The molecule has 0 aliphatic heterocycles. The van der Waals surface area contributed by atoms with Crippen LogP contribution in [0.2, 0.25) is 5.02 Å². The highest BCUT2D eigenvalue weighted by atomic mass is 35.5. The zero-order valence-corrected chi connectivity index (χ0v) is 13.1. The van der Waals surface area contributed by atoms with Crippen molar-refractivity contribution >= 4 is 33.0 Å². The minimum Gasteiger partial charge on any atom is -0.306 e. The smallest absolute Gasteiger partial charge is 0.124 e. The SMILES string of the molecule is CCNC(c1cccc(Cl)c1)c1cc2ccc(F)cc2s1. The third-order valence-electron chi connectivity index (χ3n) is 3.38. The molecule has 0 aliphatic rings. The van der Waals surface area contributed by atoms with E-state index in [1.165, 1.54) is 10.9 Å². The fourth-order valence-electron chi connectivity index (χ4n) is 2.44. The molecule has 1 N–H and O–H groups in total. The molecule has 3 rings (SSSR count). The van der Waals surface area contributed by atoms with Crippen molar-refractivity contribution in [1.82, 2.24) is 5.32 Å². The lowest BCUT2D eigenvalue weighted by molar-refractivity contribution is 0.630. The van der Waals surface area contributed by atoms with Gasteiger partial charge in [0.25, 0.3) is 0 Å².